The second kappa shape index (κ2) is 12.8. The number of fused-ring (bicyclic) bond motifs is 7. The normalized spacial score (nSPS) is 32.5. The number of carbonyl (C=O) groups excluding carboxylic acids is 3. The highest BCUT2D eigenvalue weighted by molar-refractivity contribution is 5.94. The smallest absolute Gasteiger partial charge is 0.408 e. The van der Waals surface area contributed by atoms with E-state index >= 15 is 8.78 Å². The maximum Gasteiger partial charge on any atom is 0.408 e. The highest BCUT2D eigenvalue weighted by atomic mass is 19.3. The zero-order chi connectivity index (χ0) is 36.5. The number of hydrogen-bond acceptors (Lipinski definition) is 8. The third-order valence-corrected chi connectivity index (χ3v) is 11.0. The fourth-order valence-electron chi connectivity index (χ4n) is 8.11. The summed E-state index contributed by atoms with van der Waals surface area (Å²) in [6.07, 6.45) is -3.09. The number of benzene rings is 1. The summed E-state index contributed by atoms with van der Waals surface area (Å²) in [5.41, 5.74) is -1.11. The van der Waals surface area contributed by atoms with Crippen LogP contribution in [0.25, 0.3) is 11.0 Å². The maximum atomic E-state index is 16.2. The molecule has 0 radical (unpaired) electrons. The van der Waals surface area contributed by atoms with Crippen LogP contribution >= 0.6 is 0 Å². The van der Waals surface area contributed by atoms with Crippen molar-refractivity contribution in [3.05, 3.63) is 23.9 Å². The first-order valence-corrected chi connectivity index (χ1v) is 17.4. The van der Waals surface area contributed by atoms with Crippen LogP contribution < -0.4 is 14.8 Å². The van der Waals surface area contributed by atoms with Crippen molar-refractivity contribution in [1.29, 1.82) is 0 Å². The zero-order valence-electron chi connectivity index (χ0n) is 29.5. The number of nitrogens with zero attached hydrogens (tertiary/aromatic N) is 3. The number of halogens is 4. The van der Waals surface area contributed by atoms with E-state index in [-0.39, 0.29) is 49.0 Å². The fourth-order valence-corrected chi connectivity index (χ4v) is 8.11. The number of rotatable bonds is 3. The van der Waals surface area contributed by atoms with Gasteiger partial charge in [-0.2, -0.15) is 8.78 Å². The molecule has 4 aliphatic rings. The van der Waals surface area contributed by atoms with Crippen molar-refractivity contribution in [2.75, 3.05) is 13.7 Å². The molecule has 3 fully saturated rings. The first-order chi connectivity index (χ1) is 23.3. The zero-order valence-corrected chi connectivity index (χ0v) is 29.5. The maximum absolute atomic E-state index is 16.2. The van der Waals surface area contributed by atoms with Crippen molar-refractivity contribution >= 4 is 28.8 Å². The number of amides is 2. The number of hydrogen-bond donors (Lipinski definition) is 1. The van der Waals surface area contributed by atoms with Crippen molar-refractivity contribution < 1.29 is 46.2 Å². The summed E-state index contributed by atoms with van der Waals surface area (Å²) in [5.74, 6) is -11.1. The minimum absolute atomic E-state index is 0.0215. The summed E-state index contributed by atoms with van der Waals surface area (Å²) >= 11 is 0. The SMILES string of the molecule is COc1ccc2nc3c(nc2c1)OC1CN(C(=O)C(C(C)(C)C)NC(=O)OC2CC4C(C2CCCCC3(F)F)C4(F)F)C(C(=O)C(C)C)C1C. The Labute approximate surface area is 289 Å². The van der Waals surface area contributed by atoms with Gasteiger partial charge in [0.1, 0.15) is 24.0 Å². The van der Waals surface area contributed by atoms with E-state index < -0.39 is 101 Å². The number of methoxy groups -OCH3 is 1. The largest absolute Gasteiger partial charge is 0.497 e. The van der Waals surface area contributed by atoms with Crippen molar-refractivity contribution in [3.63, 3.8) is 0 Å². The van der Waals surface area contributed by atoms with Crippen LogP contribution in [0.4, 0.5) is 22.4 Å². The van der Waals surface area contributed by atoms with Gasteiger partial charge in [0.25, 0.3) is 11.8 Å². The van der Waals surface area contributed by atoms with Gasteiger partial charge in [0.15, 0.2) is 11.5 Å². The minimum atomic E-state index is -3.53. The Bertz CT molecular complexity index is 1660. The molecule has 0 spiro atoms. The lowest BCUT2D eigenvalue weighted by molar-refractivity contribution is -0.143. The molecular formula is C36H46F4N4O6. The average molecular weight is 707 g/mol. The van der Waals surface area contributed by atoms with Crippen LogP contribution in [-0.4, -0.2) is 76.5 Å². The molecule has 50 heavy (non-hydrogen) atoms. The van der Waals surface area contributed by atoms with Crippen molar-refractivity contribution in [2.45, 2.75) is 110 Å². The number of aromatic nitrogens is 2. The van der Waals surface area contributed by atoms with Crippen LogP contribution in [0.15, 0.2) is 18.2 Å². The average Bonchev–Trinajstić information content (AvgIpc) is 3.28. The van der Waals surface area contributed by atoms with Gasteiger partial charge in [-0.3, -0.25) is 9.59 Å². The number of nitrogens with one attached hydrogen (secondary N) is 1. The summed E-state index contributed by atoms with van der Waals surface area (Å²) in [6, 6.07) is 2.48. The predicted molar refractivity (Wildman–Crippen MR) is 174 cm³/mol. The summed E-state index contributed by atoms with van der Waals surface area (Å²) in [5, 5.41) is 2.69. The van der Waals surface area contributed by atoms with E-state index in [1.807, 2.05) is 0 Å². The molecular weight excluding hydrogens is 660 g/mol. The van der Waals surface area contributed by atoms with E-state index in [9.17, 15) is 23.2 Å². The van der Waals surface area contributed by atoms with Crippen LogP contribution in [0.1, 0.15) is 79.3 Å². The summed E-state index contributed by atoms with van der Waals surface area (Å²) in [6.45, 7) is 10.2. The number of alkyl halides is 4. The van der Waals surface area contributed by atoms with Gasteiger partial charge >= 0.3 is 6.09 Å². The molecule has 8 atom stereocenters. The number of ether oxygens (including phenoxy) is 3. The quantitative estimate of drug-likeness (QED) is 0.358. The van der Waals surface area contributed by atoms with E-state index in [2.05, 4.69) is 15.3 Å². The second-order valence-electron chi connectivity index (χ2n) is 15.8. The Morgan fingerprint density at radius 2 is 1.78 bits per heavy atom. The van der Waals surface area contributed by atoms with Crippen LogP contribution in [0.2, 0.25) is 0 Å². The van der Waals surface area contributed by atoms with Gasteiger partial charge in [-0.25, -0.2) is 23.5 Å². The van der Waals surface area contributed by atoms with Crippen LogP contribution in [-0.2, 0) is 20.2 Å². The first-order valence-electron chi connectivity index (χ1n) is 17.4. The van der Waals surface area contributed by atoms with Crippen molar-refractivity contribution in [2.24, 2.45) is 35.0 Å². The molecule has 2 saturated carbocycles. The van der Waals surface area contributed by atoms with E-state index in [1.165, 1.54) is 18.1 Å². The topological polar surface area (TPSA) is 120 Å². The third-order valence-electron chi connectivity index (χ3n) is 11.0. The highest BCUT2D eigenvalue weighted by Crippen LogP contribution is 2.68. The molecule has 2 aliphatic heterocycles. The Morgan fingerprint density at radius 1 is 1.06 bits per heavy atom. The highest BCUT2D eigenvalue weighted by Gasteiger charge is 2.76. The molecule has 1 saturated heterocycles. The van der Waals surface area contributed by atoms with Gasteiger partial charge in [0, 0.05) is 42.1 Å². The van der Waals surface area contributed by atoms with Gasteiger partial charge < -0.3 is 24.4 Å². The lowest BCUT2D eigenvalue weighted by Gasteiger charge is -2.36. The Kier molecular flexibility index (Phi) is 9.24. The van der Waals surface area contributed by atoms with Gasteiger partial charge in [-0.15, -0.1) is 0 Å². The first kappa shape index (κ1) is 36.1. The van der Waals surface area contributed by atoms with Crippen molar-refractivity contribution in [1.82, 2.24) is 20.2 Å². The molecule has 2 aliphatic carbocycles. The number of alkyl carbamates (subject to hydrolysis) is 1. The van der Waals surface area contributed by atoms with Crippen molar-refractivity contribution in [3.8, 4) is 11.6 Å². The standard InChI is InChI=1S/C36H46F4N4O6/c1-17(2)28(45)27-18(3)25-16-44(27)32(46)30(34(4,5)6)43-33(47)50-24-15-21-26(36(21,39)40)20(24)10-8-9-13-35(37,38)29-31(49-25)42-23-14-19(48-7)11-12-22(23)41-29/h11-12,14,17-18,20-21,24-27,30H,8-10,13,15-16H2,1-7H3,(H,43,47). The summed E-state index contributed by atoms with van der Waals surface area (Å²) < 4.78 is 78.9. The lowest BCUT2D eigenvalue weighted by atomic mass is 9.85. The summed E-state index contributed by atoms with van der Waals surface area (Å²) in [7, 11) is 1.46. The molecule has 6 rings (SSSR count). The van der Waals surface area contributed by atoms with Gasteiger partial charge in [0.2, 0.25) is 11.8 Å². The second-order valence-corrected chi connectivity index (χ2v) is 15.8. The van der Waals surface area contributed by atoms with Crippen LogP contribution in [0, 0.1) is 35.0 Å². The summed E-state index contributed by atoms with van der Waals surface area (Å²) in [4.78, 5) is 51.6. The molecule has 1 N–H and O–H groups in total. The van der Waals surface area contributed by atoms with Gasteiger partial charge in [-0.1, -0.05) is 48.0 Å². The molecule has 3 heterocycles. The third kappa shape index (κ3) is 6.47. The number of Topliss-reactive ketones (excluding diaryl/α,β-unsaturated/α-hetero) is 1. The predicted octanol–water partition coefficient (Wildman–Crippen LogP) is 6.53. The molecule has 2 bridgehead atoms. The van der Waals surface area contributed by atoms with Gasteiger partial charge in [0.05, 0.1) is 30.7 Å². The molecule has 1 aromatic carbocycles. The number of carbonyl (C=O) groups is 3. The van der Waals surface area contributed by atoms with E-state index in [4.69, 9.17) is 14.2 Å². The molecule has 2 amide bonds. The monoisotopic (exact) mass is 706 g/mol. The fraction of sp³-hybridized carbons (Fsp3) is 0.694. The molecule has 274 valence electrons. The van der Waals surface area contributed by atoms with Crippen LogP contribution in [0.5, 0.6) is 11.6 Å². The Hall–Kier alpha value is -3.71. The molecule has 14 heteroatoms. The van der Waals surface area contributed by atoms with E-state index in [0.717, 1.165) is 0 Å². The van der Waals surface area contributed by atoms with E-state index in [1.54, 1.807) is 53.7 Å². The molecule has 1 aromatic heterocycles. The van der Waals surface area contributed by atoms with E-state index in [0.29, 0.717) is 5.75 Å². The minimum Gasteiger partial charge on any atom is -0.497 e. The lowest BCUT2D eigenvalue weighted by Crippen LogP contribution is -2.58. The number of ketones is 1. The Balaban J connectivity index is 1.43. The molecule has 10 nitrogen and oxygen atoms in total. The van der Waals surface area contributed by atoms with Crippen LogP contribution in [0.3, 0.4) is 0 Å². The van der Waals surface area contributed by atoms with Gasteiger partial charge in [-0.05, 0) is 36.8 Å². The molecule has 8 unspecified atom stereocenters. The Morgan fingerprint density at radius 3 is 2.44 bits per heavy atom. The molecule has 2 aromatic rings.